The maximum absolute atomic E-state index is 12.2. The Morgan fingerprint density at radius 3 is 2.90 bits per heavy atom. The van der Waals surface area contributed by atoms with Gasteiger partial charge in [0.2, 0.25) is 0 Å². The quantitative estimate of drug-likeness (QED) is 0.805. The third-order valence-corrected chi connectivity index (χ3v) is 3.52. The largest absolute Gasteiger partial charge is 0.481 e. The summed E-state index contributed by atoms with van der Waals surface area (Å²) >= 11 is 5.92. The first-order chi connectivity index (χ1) is 10.0. The minimum atomic E-state index is -0.975. The van der Waals surface area contributed by atoms with Gasteiger partial charge in [-0.15, -0.1) is 0 Å². The van der Waals surface area contributed by atoms with Gasteiger partial charge in [-0.1, -0.05) is 24.9 Å². The number of aromatic nitrogens is 1. The Labute approximate surface area is 127 Å². The molecule has 21 heavy (non-hydrogen) atoms. The van der Waals surface area contributed by atoms with Gasteiger partial charge < -0.3 is 15.2 Å². The zero-order valence-electron chi connectivity index (χ0n) is 11.6. The van der Waals surface area contributed by atoms with Crippen LogP contribution in [0.2, 0.25) is 5.15 Å². The summed E-state index contributed by atoms with van der Waals surface area (Å²) in [5.41, 5.74) is 1.13. The minimum Gasteiger partial charge on any atom is -0.481 e. The second-order valence-corrected chi connectivity index (χ2v) is 5.37. The van der Waals surface area contributed by atoms with Crippen LogP contribution < -0.4 is 5.32 Å². The Bertz CT molecular complexity index is 550. The van der Waals surface area contributed by atoms with Crippen molar-refractivity contribution in [3.8, 4) is 0 Å². The lowest BCUT2D eigenvalue weighted by Crippen LogP contribution is -2.42. The number of aryl methyl sites for hydroxylation is 1. The molecule has 1 aromatic rings. The number of aliphatic carboxylic acids is 1. The van der Waals surface area contributed by atoms with Crippen LogP contribution in [0.1, 0.15) is 29.4 Å². The molecule has 0 radical (unpaired) electrons. The Morgan fingerprint density at radius 1 is 1.48 bits per heavy atom. The number of amides is 1. The van der Waals surface area contributed by atoms with Gasteiger partial charge in [0.1, 0.15) is 11.1 Å². The lowest BCUT2D eigenvalue weighted by Gasteiger charge is -2.16. The summed E-state index contributed by atoms with van der Waals surface area (Å²) in [6, 6.07) is 2.62. The number of hydrogen-bond acceptors (Lipinski definition) is 4. The molecule has 7 heteroatoms. The molecular weight excluding hydrogens is 296 g/mol. The fraction of sp³-hybridized carbons (Fsp3) is 0.500. The number of carboxylic acid groups (broad SMARTS) is 1. The van der Waals surface area contributed by atoms with Crippen LogP contribution in [0.5, 0.6) is 0 Å². The monoisotopic (exact) mass is 312 g/mol. The van der Waals surface area contributed by atoms with Crippen LogP contribution >= 0.6 is 11.6 Å². The van der Waals surface area contributed by atoms with E-state index in [0.29, 0.717) is 5.56 Å². The molecule has 1 fully saturated rings. The summed E-state index contributed by atoms with van der Waals surface area (Å²) in [4.78, 5) is 27.4. The molecule has 1 aromatic heterocycles. The van der Waals surface area contributed by atoms with E-state index in [1.54, 1.807) is 6.07 Å². The van der Waals surface area contributed by atoms with E-state index in [4.69, 9.17) is 21.4 Å². The van der Waals surface area contributed by atoms with Crippen molar-refractivity contribution in [2.75, 3.05) is 13.2 Å². The van der Waals surface area contributed by atoms with Crippen molar-refractivity contribution in [3.63, 3.8) is 0 Å². The summed E-state index contributed by atoms with van der Waals surface area (Å²) in [7, 11) is 0. The highest BCUT2D eigenvalue weighted by molar-refractivity contribution is 6.29. The standard InChI is InChI=1S/C14H17ClN2O4/c1-2-3-9-4-8(5-12(15)16-9)13(18)17-11-7-21-6-10(11)14(19)20/h4-5,10-11H,2-3,6-7H2,1H3,(H,17,18)(H,19,20). The zero-order chi connectivity index (χ0) is 15.4. The van der Waals surface area contributed by atoms with Crippen LogP contribution in [0.25, 0.3) is 0 Å². The molecule has 2 unspecified atom stereocenters. The van der Waals surface area contributed by atoms with E-state index >= 15 is 0 Å². The van der Waals surface area contributed by atoms with Gasteiger partial charge in [0.25, 0.3) is 5.91 Å². The van der Waals surface area contributed by atoms with Gasteiger partial charge in [0.15, 0.2) is 0 Å². The lowest BCUT2D eigenvalue weighted by atomic mass is 10.0. The summed E-state index contributed by atoms with van der Waals surface area (Å²) in [5, 5.41) is 12.0. The van der Waals surface area contributed by atoms with Crippen molar-refractivity contribution >= 4 is 23.5 Å². The van der Waals surface area contributed by atoms with E-state index in [-0.39, 0.29) is 24.3 Å². The van der Waals surface area contributed by atoms with Gasteiger partial charge in [-0.2, -0.15) is 0 Å². The molecule has 0 saturated carbocycles. The molecule has 2 heterocycles. The fourth-order valence-electron chi connectivity index (χ4n) is 2.26. The first kappa shape index (κ1) is 15.7. The molecule has 2 N–H and O–H groups in total. The van der Waals surface area contributed by atoms with Gasteiger partial charge >= 0.3 is 5.97 Å². The van der Waals surface area contributed by atoms with E-state index in [9.17, 15) is 9.59 Å². The molecule has 1 aliphatic heterocycles. The van der Waals surface area contributed by atoms with Crippen molar-refractivity contribution in [2.45, 2.75) is 25.8 Å². The number of halogens is 1. The molecule has 1 aliphatic rings. The topological polar surface area (TPSA) is 88.5 Å². The summed E-state index contributed by atoms with van der Waals surface area (Å²) in [6.07, 6.45) is 1.62. The van der Waals surface area contributed by atoms with E-state index < -0.39 is 17.9 Å². The van der Waals surface area contributed by atoms with Crippen LogP contribution in [0.4, 0.5) is 0 Å². The van der Waals surface area contributed by atoms with Crippen LogP contribution in [0.15, 0.2) is 12.1 Å². The number of ether oxygens (including phenoxy) is 1. The predicted molar refractivity (Wildman–Crippen MR) is 76.4 cm³/mol. The molecule has 0 bridgehead atoms. The second kappa shape index (κ2) is 6.87. The lowest BCUT2D eigenvalue weighted by molar-refractivity contribution is -0.142. The molecule has 0 spiro atoms. The third-order valence-electron chi connectivity index (χ3n) is 3.33. The van der Waals surface area contributed by atoms with Gasteiger partial charge in [0.05, 0.1) is 19.3 Å². The molecule has 0 aromatic carbocycles. The number of carbonyl (C=O) groups is 2. The SMILES string of the molecule is CCCc1cc(C(=O)NC2COCC2C(=O)O)cc(Cl)n1. The van der Waals surface area contributed by atoms with E-state index in [1.165, 1.54) is 6.07 Å². The number of rotatable bonds is 5. The second-order valence-electron chi connectivity index (χ2n) is 4.98. The van der Waals surface area contributed by atoms with Crippen LogP contribution in [0.3, 0.4) is 0 Å². The molecule has 0 aliphatic carbocycles. The van der Waals surface area contributed by atoms with E-state index in [0.717, 1.165) is 18.5 Å². The average Bonchev–Trinajstić information content (AvgIpc) is 2.86. The molecule has 2 atom stereocenters. The van der Waals surface area contributed by atoms with Gasteiger partial charge in [0, 0.05) is 11.3 Å². The molecule has 1 saturated heterocycles. The number of hydrogen-bond donors (Lipinski definition) is 2. The van der Waals surface area contributed by atoms with Crippen molar-refractivity contribution < 1.29 is 19.4 Å². The Balaban J connectivity index is 2.11. The molecule has 2 rings (SSSR count). The van der Waals surface area contributed by atoms with E-state index in [1.807, 2.05) is 6.92 Å². The summed E-state index contributed by atoms with van der Waals surface area (Å²) in [5.74, 6) is -2.06. The van der Waals surface area contributed by atoms with Crippen molar-refractivity contribution in [1.82, 2.24) is 10.3 Å². The summed E-state index contributed by atoms with van der Waals surface area (Å²) < 4.78 is 5.12. The van der Waals surface area contributed by atoms with Crippen molar-refractivity contribution in [1.29, 1.82) is 0 Å². The maximum Gasteiger partial charge on any atom is 0.311 e. The Hall–Kier alpha value is -1.66. The van der Waals surface area contributed by atoms with Crippen molar-refractivity contribution in [3.05, 3.63) is 28.5 Å². The molecule has 6 nitrogen and oxygen atoms in total. The highest BCUT2D eigenvalue weighted by atomic mass is 35.5. The predicted octanol–water partition coefficient (Wildman–Crippen LogP) is 1.52. The fourth-order valence-corrected chi connectivity index (χ4v) is 2.48. The number of nitrogens with one attached hydrogen (secondary N) is 1. The van der Waals surface area contributed by atoms with Crippen LogP contribution in [0, 0.1) is 5.92 Å². The summed E-state index contributed by atoms with van der Waals surface area (Å²) in [6.45, 7) is 2.32. The number of carboxylic acids is 1. The molecular formula is C14H17ClN2O4. The molecule has 114 valence electrons. The maximum atomic E-state index is 12.2. The van der Waals surface area contributed by atoms with Crippen LogP contribution in [-0.2, 0) is 16.0 Å². The highest BCUT2D eigenvalue weighted by Gasteiger charge is 2.35. The average molecular weight is 313 g/mol. The minimum absolute atomic E-state index is 0.110. The molecule has 1 amide bonds. The third kappa shape index (κ3) is 3.92. The Kier molecular flexibility index (Phi) is 5.14. The number of carbonyl (C=O) groups excluding carboxylic acids is 1. The normalized spacial score (nSPS) is 21.2. The Morgan fingerprint density at radius 2 is 2.24 bits per heavy atom. The first-order valence-corrected chi connectivity index (χ1v) is 7.17. The van der Waals surface area contributed by atoms with Crippen LogP contribution in [-0.4, -0.2) is 41.2 Å². The van der Waals surface area contributed by atoms with Gasteiger partial charge in [-0.3, -0.25) is 9.59 Å². The first-order valence-electron chi connectivity index (χ1n) is 6.79. The number of pyridine rings is 1. The van der Waals surface area contributed by atoms with Gasteiger partial charge in [-0.25, -0.2) is 4.98 Å². The zero-order valence-corrected chi connectivity index (χ0v) is 12.4. The highest BCUT2D eigenvalue weighted by Crippen LogP contribution is 2.16. The van der Waals surface area contributed by atoms with Crippen molar-refractivity contribution in [2.24, 2.45) is 5.92 Å². The van der Waals surface area contributed by atoms with E-state index in [2.05, 4.69) is 10.3 Å². The van der Waals surface area contributed by atoms with Gasteiger partial charge in [-0.05, 0) is 18.6 Å². The number of nitrogens with zero attached hydrogens (tertiary/aromatic N) is 1. The smallest absolute Gasteiger partial charge is 0.311 e.